The van der Waals surface area contributed by atoms with Gasteiger partial charge in [-0.15, -0.1) is 0 Å². The summed E-state index contributed by atoms with van der Waals surface area (Å²) in [6, 6.07) is 8.27. The summed E-state index contributed by atoms with van der Waals surface area (Å²) < 4.78 is 28.7. The molecule has 1 fully saturated rings. The normalized spacial score (nSPS) is 15.7. The minimum atomic E-state index is -3.19. The van der Waals surface area contributed by atoms with Crippen LogP contribution in [0.2, 0.25) is 0 Å². The molecule has 4 rings (SSSR count). The Bertz CT molecular complexity index is 1210. The Hall–Kier alpha value is -1.30. The lowest BCUT2D eigenvalue weighted by Crippen LogP contribution is -3.00. The third-order valence-corrected chi connectivity index (χ3v) is 8.88. The van der Waals surface area contributed by atoms with Gasteiger partial charge in [0.25, 0.3) is 9.40 Å². The molecule has 1 aliphatic heterocycles. The molecule has 0 radical (unpaired) electrons. The SMILES string of the molecule is Cc1cc(N)cc2[s+]c3cc(N4CCN(S(=O)(=O)C(C)C)CC4)cc(C)c3nc12.[I-]. The number of aromatic nitrogens is 1. The topological polar surface area (TPSA) is 79.5 Å². The van der Waals surface area contributed by atoms with Crippen LogP contribution in [0.5, 0.6) is 0 Å². The third-order valence-electron chi connectivity index (χ3n) is 5.54. The van der Waals surface area contributed by atoms with E-state index in [9.17, 15) is 8.42 Å². The van der Waals surface area contributed by atoms with Crippen LogP contribution in [0, 0.1) is 13.8 Å². The van der Waals surface area contributed by atoms with Crippen molar-refractivity contribution >= 4 is 53.2 Å². The summed E-state index contributed by atoms with van der Waals surface area (Å²) in [7, 11) is -3.19. The number of hydrogen-bond donors (Lipinski definition) is 1. The fourth-order valence-electron chi connectivity index (χ4n) is 3.86. The summed E-state index contributed by atoms with van der Waals surface area (Å²) in [4.78, 5) is 7.18. The molecule has 0 bridgehead atoms. The molecule has 2 N–H and O–H groups in total. The minimum absolute atomic E-state index is 0. The largest absolute Gasteiger partial charge is 1.00 e. The Kier molecular flexibility index (Phi) is 6.76. The van der Waals surface area contributed by atoms with Crippen LogP contribution in [0.1, 0.15) is 25.0 Å². The molecule has 0 aliphatic carbocycles. The van der Waals surface area contributed by atoms with Crippen LogP contribution in [0.25, 0.3) is 20.4 Å². The number of halogens is 1. The van der Waals surface area contributed by atoms with Crippen molar-refractivity contribution < 1.29 is 32.4 Å². The number of nitrogen functional groups attached to an aromatic ring is 1. The first-order chi connectivity index (χ1) is 13.7. The molecule has 0 spiro atoms. The highest BCUT2D eigenvalue weighted by molar-refractivity contribution is 7.89. The van der Waals surface area contributed by atoms with Gasteiger partial charge in [-0.1, -0.05) is 0 Å². The van der Waals surface area contributed by atoms with Crippen LogP contribution in [0.15, 0.2) is 24.3 Å². The Morgan fingerprint density at radius 3 is 2.13 bits per heavy atom. The molecule has 1 aromatic heterocycles. The van der Waals surface area contributed by atoms with Gasteiger partial charge >= 0.3 is 0 Å². The summed E-state index contributed by atoms with van der Waals surface area (Å²) in [5, 5.41) is -0.381. The highest BCUT2D eigenvalue weighted by atomic mass is 127. The van der Waals surface area contributed by atoms with Gasteiger partial charge < -0.3 is 34.6 Å². The number of hydrogen-bond acceptors (Lipinski definition) is 5. The van der Waals surface area contributed by atoms with Gasteiger partial charge in [0, 0.05) is 49.7 Å². The quantitative estimate of drug-likeness (QED) is 0.223. The van der Waals surface area contributed by atoms with Crippen LogP contribution in [0.4, 0.5) is 11.4 Å². The van der Waals surface area contributed by atoms with Crippen LogP contribution < -0.4 is 34.6 Å². The van der Waals surface area contributed by atoms with Crippen molar-refractivity contribution in [3.05, 3.63) is 35.4 Å². The predicted molar refractivity (Wildman–Crippen MR) is 123 cm³/mol. The molecule has 0 atom stereocenters. The lowest BCUT2D eigenvalue weighted by atomic mass is 10.1. The van der Waals surface area contributed by atoms with Crippen LogP contribution in [-0.4, -0.2) is 49.1 Å². The van der Waals surface area contributed by atoms with Crippen LogP contribution >= 0.6 is 11.3 Å². The lowest BCUT2D eigenvalue weighted by Gasteiger charge is -2.36. The number of nitrogens with two attached hydrogens (primary N) is 1. The van der Waals surface area contributed by atoms with Crippen molar-refractivity contribution in [1.29, 1.82) is 0 Å². The Morgan fingerprint density at radius 1 is 0.967 bits per heavy atom. The van der Waals surface area contributed by atoms with E-state index >= 15 is 0 Å². The third kappa shape index (κ3) is 4.21. The zero-order chi connectivity index (χ0) is 20.9. The zero-order valence-electron chi connectivity index (χ0n) is 17.6. The number of sulfonamides is 1. The van der Waals surface area contributed by atoms with E-state index in [0.717, 1.165) is 42.9 Å². The van der Waals surface area contributed by atoms with Gasteiger partial charge in [0.15, 0.2) is 0 Å². The van der Waals surface area contributed by atoms with Crippen molar-refractivity contribution in [2.45, 2.75) is 32.9 Å². The molecule has 6 nitrogen and oxygen atoms in total. The molecule has 30 heavy (non-hydrogen) atoms. The molecule has 2 aromatic carbocycles. The highest BCUT2D eigenvalue weighted by Gasteiger charge is 2.30. The predicted octanol–water partition coefficient (Wildman–Crippen LogP) is 0.794. The van der Waals surface area contributed by atoms with Crippen molar-refractivity contribution in [3.63, 3.8) is 0 Å². The first-order valence-corrected chi connectivity index (χ1v) is 12.2. The maximum absolute atomic E-state index is 12.4. The van der Waals surface area contributed by atoms with E-state index in [1.54, 1.807) is 29.5 Å². The van der Waals surface area contributed by atoms with E-state index in [2.05, 4.69) is 24.0 Å². The summed E-state index contributed by atoms with van der Waals surface area (Å²) >= 11 is 1.71. The summed E-state index contributed by atoms with van der Waals surface area (Å²) in [5.41, 5.74) is 12.1. The van der Waals surface area contributed by atoms with Crippen LogP contribution in [-0.2, 0) is 10.0 Å². The van der Waals surface area contributed by atoms with E-state index in [4.69, 9.17) is 10.7 Å². The number of piperazine rings is 1. The first kappa shape index (κ1) is 23.4. The van der Waals surface area contributed by atoms with E-state index < -0.39 is 10.0 Å². The van der Waals surface area contributed by atoms with Gasteiger partial charge in [-0.25, -0.2) is 13.4 Å². The molecule has 162 valence electrons. The number of fused-ring (bicyclic) bond motifs is 2. The molecular weight excluding hydrogens is 531 g/mol. The molecule has 3 aromatic rings. The maximum atomic E-state index is 12.4. The van der Waals surface area contributed by atoms with E-state index in [0.29, 0.717) is 26.2 Å². The van der Waals surface area contributed by atoms with E-state index in [1.165, 1.54) is 0 Å². The Morgan fingerprint density at radius 2 is 1.53 bits per heavy atom. The molecular formula is C21H27IN4O2S2. The fourth-order valence-corrected chi connectivity index (χ4v) is 6.34. The zero-order valence-corrected chi connectivity index (χ0v) is 21.4. The monoisotopic (exact) mass is 558 g/mol. The second-order valence-electron chi connectivity index (χ2n) is 7.99. The lowest BCUT2D eigenvalue weighted by molar-refractivity contribution is -0.00000848. The number of rotatable bonds is 3. The van der Waals surface area contributed by atoms with Gasteiger partial charge in [0.1, 0.15) is 11.0 Å². The number of nitrogens with zero attached hydrogens (tertiary/aromatic N) is 3. The van der Waals surface area contributed by atoms with Crippen LogP contribution in [0.3, 0.4) is 0 Å². The summed E-state index contributed by atoms with van der Waals surface area (Å²) in [5.74, 6) is 0. The molecule has 2 heterocycles. The van der Waals surface area contributed by atoms with Gasteiger partial charge in [-0.05, 0) is 51.0 Å². The van der Waals surface area contributed by atoms with Gasteiger partial charge in [0.05, 0.1) is 5.25 Å². The average molecular weight is 559 g/mol. The minimum Gasteiger partial charge on any atom is -1.00 e. The molecule has 9 heteroatoms. The van der Waals surface area contributed by atoms with E-state index in [-0.39, 0.29) is 29.2 Å². The Labute approximate surface area is 199 Å². The first-order valence-electron chi connectivity index (χ1n) is 9.85. The smallest absolute Gasteiger partial charge is 0.259 e. The maximum Gasteiger partial charge on any atom is 0.259 e. The standard InChI is InChI=1S/C21H27N4O2S2.HI/c1-13(2)29(26,27)25-7-5-24(6-8-25)17-10-15(4)21-19(12-17)28-18-11-16(22)9-14(3)20(18)23-21;/h9-13H,5-8,22H2,1-4H3;1H/q+1;/p-1. The van der Waals surface area contributed by atoms with Crippen molar-refractivity contribution in [2.24, 2.45) is 0 Å². The van der Waals surface area contributed by atoms with Crippen molar-refractivity contribution in [3.8, 4) is 0 Å². The second-order valence-corrected chi connectivity index (χ2v) is 11.6. The second kappa shape index (κ2) is 8.68. The number of benzene rings is 2. The highest BCUT2D eigenvalue weighted by Crippen LogP contribution is 2.34. The summed E-state index contributed by atoms with van der Waals surface area (Å²) in [6.45, 7) is 10.0. The molecule has 1 saturated heterocycles. The van der Waals surface area contributed by atoms with Crippen molar-refractivity contribution in [1.82, 2.24) is 9.29 Å². The molecule has 1 aliphatic rings. The van der Waals surface area contributed by atoms with Gasteiger partial charge in [-0.2, -0.15) is 4.31 Å². The van der Waals surface area contributed by atoms with Gasteiger partial charge in [0.2, 0.25) is 21.4 Å². The van der Waals surface area contributed by atoms with Crippen molar-refractivity contribution in [2.75, 3.05) is 36.8 Å². The molecule has 0 unspecified atom stereocenters. The number of aryl methyl sites for hydroxylation is 2. The molecule has 0 amide bonds. The Balaban J connectivity index is 0.00000256. The summed E-state index contributed by atoms with van der Waals surface area (Å²) in [6.07, 6.45) is 0. The average Bonchev–Trinajstić information content (AvgIpc) is 2.66. The van der Waals surface area contributed by atoms with Gasteiger partial charge in [-0.3, -0.25) is 0 Å². The van der Waals surface area contributed by atoms with E-state index in [1.807, 2.05) is 19.1 Å². The fraction of sp³-hybridized carbons (Fsp3) is 0.429. The molecule has 0 saturated carbocycles. The number of anilines is 2.